The third-order valence-electron chi connectivity index (χ3n) is 3.90. The number of hydrogen-bond donors (Lipinski definition) is 1. The van der Waals surface area contributed by atoms with Crippen LogP contribution in [0, 0.1) is 19.7 Å². The first kappa shape index (κ1) is 15.6. The Morgan fingerprint density at radius 1 is 1.26 bits per heavy atom. The molecule has 2 aromatic carbocycles. The van der Waals surface area contributed by atoms with Gasteiger partial charge in [0.05, 0.1) is 18.4 Å². The summed E-state index contributed by atoms with van der Waals surface area (Å²) in [4.78, 5) is 12.2. The van der Waals surface area contributed by atoms with Gasteiger partial charge in [0, 0.05) is 16.0 Å². The summed E-state index contributed by atoms with van der Waals surface area (Å²) in [5.74, 6) is -0.874. The third-order valence-corrected chi connectivity index (χ3v) is 4.13. The van der Waals surface area contributed by atoms with E-state index in [4.69, 9.17) is 16.0 Å². The smallest absolute Gasteiger partial charge is 0.229 e. The molecule has 3 rings (SSSR count). The van der Waals surface area contributed by atoms with Crippen LogP contribution in [0.1, 0.15) is 16.7 Å². The Morgan fingerprint density at radius 2 is 2.04 bits per heavy atom. The molecule has 1 amide bonds. The first-order valence-electron chi connectivity index (χ1n) is 7.17. The van der Waals surface area contributed by atoms with Crippen LogP contribution in [0.5, 0.6) is 0 Å². The molecule has 0 radical (unpaired) electrons. The van der Waals surface area contributed by atoms with Crippen molar-refractivity contribution in [1.29, 1.82) is 0 Å². The molecule has 23 heavy (non-hydrogen) atoms. The fraction of sp³-hybridized carbons (Fsp3) is 0.167. The van der Waals surface area contributed by atoms with Gasteiger partial charge in [-0.25, -0.2) is 4.39 Å². The molecule has 118 valence electrons. The third kappa shape index (κ3) is 3.08. The van der Waals surface area contributed by atoms with Crippen LogP contribution in [0.25, 0.3) is 11.0 Å². The lowest BCUT2D eigenvalue weighted by molar-refractivity contribution is -0.115. The fourth-order valence-electron chi connectivity index (χ4n) is 2.48. The minimum atomic E-state index is -0.561. The van der Waals surface area contributed by atoms with Crippen molar-refractivity contribution < 1.29 is 13.6 Å². The number of fused-ring (bicyclic) bond motifs is 1. The number of carbonyl (C=O) groups excluding carboxylic acids is 1. The van der Waals surface area contributed by atoms with Gasteiger partial charge in [-0.05, 0) is 43.2 Å². The van der Waals surface area contributed by atoms with E-state index in [9.17, 15) is 9.18 Å². The Morgan fingerprint density at radius 3 is 2.78 bits per heavy atom. The molecular weight excluding hydrogens is 317 g/mol. The highest BCUT2D eigenvalue weighted by atomic mass is 35.5. The number of anilines is 1. The van der Waals surface area contributed by atoms with Crippen molar-refractivity contribution in [2.75, 3.05) is 5.32 Å². The van der Waals surface area contributed by atoms with Crippen LogP contribution in [-0.2, 0) is 11.2 Å². The van der Waals surface area contributed by atoms with Crippen molar-refractivity contribution in [2.45, 2.75) is 20.3 Å². The largest absolute Gasteiger partial charge is 0.464 e. The molecule has 0 spiro atoms. The number of furan rings is 1. The van der Waals surface area contributed by atoms with Crippen LogP contribution < -0.4 is 5.32 Å². The van der Waals surface area contributed by atoms with Crippen LogP contribution in [0.2, 0.25) is 5.02 Å². The van der Waals surface area contributed by atoms with Gasteiger partial charge in [0.25, 0.3) is 0 Å². The van der Waals surface area contributed by atoms with Crippen molar-refractivity contribution in [2.24, 2.45) is 0 Å². The molecule has 1 heterocycles. The van der Waals surface area contributed by atoms with Crippen molar-refractivity contribution in [3.63, 3.8) is 0 Å². The van der Waals surface area contributed by atoms with E-state index in [1.165, 1.54) is 12.1 Å². The Bertz CT molecular complexity index is 901. The molecule has 0 bridgehead atoms. The Hall–Kier alpha value is -2.33. The zero-order valence-corrected chi connectivity index (χ0v) is 13.5. The minimum Gasteiger partial charge on any atom is -0.464 e. The van der Waals surface area contributed by atoms with E-state index in [1.807, 2.05) is 26.0 Å². The lowest BCUT2D eigenvalue weighted by Gasteiger charge is -2.06. The van der Waals surface area contributed by atoms with Gasteiger partial charge in [-0.2, -0.15) is 0 Å². The summed E-state index contributed by atoms with van der Waals surface area (Å²) >= 11 is 5.70. The number of carbonyl (C=O) groups is 1. The van der Waals surface area contributed by atoms with Crippen molar-refractivity contribution >= 4 is 34.2 Å². The van der Waals surface area contributed by atoms with E-state index in [2.05, 4.69) is 5.32 Å². The normalized spacial score (nSPS) is 11.0. The van der Waals surface area contributed by atoms with Crippen molar-refractivity contribution in [3.8, 4) is 0 Å². The summed E-state index contributed by atoms with van der Waals surface area (Å²) in [5.41, 5.74) is 3.85. The predicted octanol–water partition coefficient (Wildman–Crippen LogP) is 5.02. The van der Waals surface area contributed by atoms with Crippen LogP contribution in [0.3, 0.4) is 0 Å². The van der Waals surface area contributed by atoms with Gasteiger partial charge in [0.2, 0.25) is 5.91 Å². The monoisotopic (exact) mass is 331 g/mol. The number of rotatable bonds is 3. The zero-order valence-electron chi connectivity index (χ0n) is 12.7. The lowest BCUT2D eigenvalue weighted by Crippen LogP contribution is -2.15. The lowest BCUT2D eigenvalue weighted by atomic mass is 10.0. The van der Waals surface area contributed by atoms with Gasteiger partial charge >= 0.3 is 0 Å². The molecule has 0 saturated carbocycles. The fourth-order valence-corrected chi connectivity index (χ4v) is 2.64. The molecule has 0 aliphatic heterocycles. The average molecular weight is 332 g/mol. The summed E-state index contributed by atoms with van der Waals surface area (Å²) in [6.45, 7) is 3.99. The Balaban J connectivity index is 1.82. The number of nitrogens with one attached hydrogen (secondary N) is 1. The van der Waals surface area contributed by atoms with Gasteiger partial charge in [-0.1, -0.05) is 23.7 Å². The van der Waals surface area contributed by atoms with E-state index < -0.39 is 5.82 Å². The van der Waals surface area contributed by atoms with Gasteiger partial charge in [0.15, 0.2) is 0 Å². The molecule has 0 unspecified atom stereocenters. The standard InChI is InChI=1S/C18H15ClFNO2/c1-10-3-5-14-12(9-23-18(14)11(10)2)7-17(22)21-16-6-4-13(19)8-15(16)20/h3-6,8-9H,7H2,1-2H3,(H,21,22). The van der Waals surface area contributed by atoms with E-state index in [0.29, 0.717) is 0 Å². The van der Waals surface area contributed by atoms with Crippen LogP contribution in [0.4, 0.5) is 10.1 Å². The SMILES string of the molecule is Cc1ccc2c(CC(=O)Nc3ccc(Cl)cc3F)coc2c1C. The van der Waals surface area contributed by atoms with Gasteiger partial charge in [0.1, 0.15) is 11.4 Å². The summed E-state index contributed by atoms with van der Waals surface area (Å²) in [6, 6.07) is 8.06. The number of aryl methyl sites for hydroxylation is 2. The molecule has 0 saturated heterocycles. The highest BCUT2D eigenvalue weighted by Crippen LogP contribution is 2.27. The second-order valence-corrected chi connectivity index (χ2v) is 5.93. The summed E-state index contributed by atoms with van der Waals surface area (Å²) in [5, 5.41) is 3.74. The molecule has 1 N–H and O–H groups in total. The van der Waals surface area contributed by atoms with Crippen LogP contribution in [-0.4, -0.2) is 5.91 Å². The molecule has 5 heteroatoms. The maximum atomic E-state index is 13.7. The average Bonchev–Trinajstić information content (AvgIpc) is 2.89. The maximum Gasteiger partial charge on any atom is 0.229 e. The second kappa shape index (κ2) is 6.05. The van der Waals surface area contributed by atoms with Gasteiger partial charge in [-0.15, -0.1) is 0 Å². The molecule has 3 nitrogen and oxygen atoms in total. The number of benzene rings is 2. The van der Waals surface area contributed by atoms with Gasteiger partial charge in [-0.3, -0.25) is 4.79 Å². The van der Waals surface area contributed by atoms with Gasteiger partial charge < -0.3 is 9.73 Å². The molecule has 0 fully saturated rings. The number of halogens is 2. The summed E-state index contributed by atoms with van der Waals surface area (Å²) in [7, 11) is 0. The zero-order chi connectivity index (χ0) is 16.6. The van der Waals surface area contributed by atoms with Crippen molar-refractivity contribution in [3.05, 3.63) is 64.1 Å². The Labute approximate surface area is 138 Å². The topological polar surface area (TPSA) is 42.2 Å². The molecule has 0 atom stereocenters. The molecule has 0 aliphatic carbocycles. The van der Waals surface area contributed by atoms with E-state index >= 15 is 0 Å². The number of amides is 1. The van der Waals surface area contributed by atoms with Crippen LogP contribution in [0.15, 0.2) is 41.0 Å². The summed E-state index contributed by atoms with van der Waals surface area (Å²) < 4.78 is 19.3. The summed E-state index contributed by atoms with van der Waals surface area (Å²) in [6.07, 6.45) is 1.69. The quantitative estimate of drug-likeness (QED) is 0.732. The first-order valence-corrected chi connectivity index (χ1v) is 7.54. The molecule has 0 aliphatic rings. The first-order chi connectivity index (χ1) is 11.0. The number of hydrogen-bond acceptors (Lipinski definition) is 2. The predicted molar refractivity (Wildman–Crippen MR) is 89.4 cm³/mol. The highest BCUT2D eigenvalue weighted by molar-refractivity contribution is 6.30. The van der Waals surface area contributed by atoms with E-state index in [1.54, 1.807) is 6.26 Å². The molecule has 3 aromatic rings. The van der Waals surface area contributed by atoms with E-state index in [0.717, 1.165) is 33.7 Å². The Kier molecular flexibility index (Phi) is 4.09. The van der Waals surface area contributed by atoms with Crippen molar-refractivity contribution in [1.82, 2.24) is 0 Å². The second-order valence-electron chi connectivity index (χ2n) is 5.49. The van der Waals surface area contributed by atoms with Crippen LogP contribution >= 0.6 is 11.6 Å². The van der Waals surface area contributed by atoms with E-state index in [-0.39, 0.29) is 23.0 Å². The molecule has 1 aromatic heterocycles. The highest BCUT2D eigenvalue weighted by Gasteiger charge is 2.14. The maximum absolute atomic E-state index is 13.7. The minimum absolute atomic E-state index is 0.109. The molecular formula is C18H15ClFNO2.